The number of aryl methyl sites for hydroxylation is 1. The monoisotopic (exact) mass is 334 g/mol. The number of anilines is 2. The number of carbonyl (C=O) groups excluding carboxylic acids is 1. The van der Waals surface area contributed by atoms with Crippen molar-refractivity contribution in [2.75, 3.05) is 10.6 Å². The van der Waals surface area contributed by atoms with E-state index in [2.05, 4.69) is 20.8 Å². The summed E-state index contributed by atoms with van der Waals surface area (Å²) < 4.78 is 0.815. The normalized spacial score (nSPS) is 15.4. The van der Waals surface area contributed by atoms with E-state index in [-0.39, 0.29) is 11.2 Å². The van der Waals surface area contributed by atoms with Crippen molar-refractivity contribution in [2.24, 2.45) is 0 Å². The van der Waals surface area contributed by atoms with Crippen LogP contribution in [0.15, 0.2) is 28.6 Å². The Balaban J connectivity index is 1.53. The summed E-state index contributed by atoms with van der Waals surface area (Å²) in [6.07, 6.45) is 2.41. The van der Waals surface area contributed by atoms with Crippen LogP contribution in [0.25, 0.3) is 0 Å². The molecule has 0 saturated heterocycles. The number of rotatable bonds is 6. The molecule has 1 aromatic heterocycles. The first-order valence-corrected chi connectivity index (χ1v) is 8.94. The second-order valence-electron chi connectivity index (χ2n) is 5.41. The zero-order valence-corrected chi connectivity index (χ0v) is 14.1. The van der Waals surface area contributed by atoms with E-state index in [4.69, 9.17) is 0 Å². The van der Waals surface area contributed by atoms with Gasteiger partial charge in [-0.05, 0) is 38.8 Å². The molecule has 2 aromatic rings. The average molecular weight is 334 g/mol. The minimum atomic E-state index is -0.219. The quantitative estimate of drug-likeness (QED) is 0.791. The Morgan fingerprint density at radius 3 is 2.73 bits per heavy atom. The van der Waals surface area contributed by atoms with E-state index in [0.717, 1.165) is 15.2 Å². The summed E-state index contributed by atoms with van der Waals surface area (Å²) in [4.78, 5) is 12.2. The van der Waals surface area contributed by atoms with Gasteiger partial charge in [0.25, 0.3) is 0 Å². The molecule has 0 bridgehead atoms. The number of hydrogen-bond acceptors (Lipinski definition) is 6. The Bertz CT molecular complexity index is 652. The Kier molecular flexibility index (Phi) is 4.63. The first-order valence-electron chi connectivity index (χ1n) is 7.24. The van der Waals surface area contributed by atoms with Crippen LogP contribution >= 0.6 is 23.1 Å². The van der Waals surface area contributed by atoms with Crippen LogP contribution in [-0.4, -0.2) is 27.4 Å². The summed E-state index contributed by atoms with van der Waals surface area (Å²) >= 11 is 2.94. The van der Waals surface area contributed by atoms with Crippen molar-refractivity contribution in [3.05, 3.63) is 29.8 Å². The smallest absolute Gasteiger partial charge is 0.237 e. The van der Waals surface area contributed by atoms with E-state index in [9.17, 15) is 4.79 Å². The van der Waals surface area contributed by atoms with Crippen molar-refractivity contribution in [3.8, 4) is 0 Å². The molecule has 7 heteroatoms. The maximum absolute atomic E-state index is 12.2. The van der Waals surface area contributed by atoms with Crippen molar-refractivity contribution >= 4 is 39.8 Å². The Morgan fingerprint density at radius 1 is 1.32 bits per heavy atom. The maximum Gasteiger partial charge on any atom is 0.237 e. The van der Waals surface area contributed by atoms with Crippen LogP contribution in [0.2, 0.25) is 0 Å². The molecule has 1 atom stereocenters. The summed E-state index contributed by atoms with van der Waals surface area (Å²) in [5.41, 5.74) is 1.99. The molecule has 5 nitrogen and oxygen atoms in total. The van der Waals surface area contributed by atoms with Crippen LogP contribution in [0.3, 0.4) is 0 Å². The highest BCUT2D eigenvalue weighted by Gasteiger charge is 2.23. The average Bonchev–Trinajstić information content (AvgIpc) is 3.20. The summed E-state index contributed by atoms with van der Waals surface area (Å²) in [5.74, 6) is -0.0271. The largest absolute Gasteiger partial charge is 0.357 e. The van der Waals surface area contributed by atoms with Crippen molar-refractivity contribution in [1.29, 1.82) is 0 Å². The van der Waals surface area contributed by atoms with Gasteiger partial charge in [0, 0.05) is 11.7 Å². The third-order valence-corrected chi connectivity index (χ3v) is 5.32. The number of benzene rings is 1. The molecule has 1 aliphatic rings. The van der Waals surface area contributed by atoms with E-state index in [1.54, 1.807) is 0 Å². The first kappa shape index (κ1) is 15.3. The van der Waals surface area contributed by atoms with Gasteiger partial charge in [-0.15, -0.1) is 10.2 Å². The van der Waals surface area contributed by atoms with Crippen LogP contribution in [0.5, 0.6) is 0 Å². The molecular formula is C15H18N4OS2. The molecule has 116 valence electrons. The van der Waals surface area contributed by atoms with Gasteiger partial charge in [0.1, 0.15) is 0 Å². The fourth-order valence-electron chi connectivity index (χ4n) is 1.80. The number of hydrogen-bond donors (Lipinski definition) is 2. The zero-order chi connectivity index (χ0) is 15.5. The van der Waals surface area contributed by atoms with Gasteiger partial charge in [-0.2, -0.15) is 0 Å². The Morgan fingerprint density at radius 2 is 2.05 bits per heavy atom. The number of carbonyl (C=O) groups is 1. The summed E-state index contributed by atoms with van der Waals surface area (Å²) in [6.45, 7) is 3.90. The van der Waals surface area contributed by atoms with Gasteiger partial charge in [-0.1, -0.05) is 40.8 Å². The molecule has 1 saturated carbocycles. The second-order valence-corrected chi connectivity index (χ2v) is 7.97. The SMILES string of the molecule is Cc1ccc(NC(=O)[C@@H](C)Sc2nnc(NC3CC3)s2)cc1. The molecule has 1 heterocycles. The summed E-state index contributed by atoms with van der Waals surface area (Å²) in [7, 11) is 0. The molecule has 3 rings (SSSR count). The lowest BCUT2D eigenvalue weighted by Gasteiger charge is -2.10. The minimum absolute atomic E-state index is 0.0271. The standard InChI is InChI=1S/C15H18N4OS2/c1-9-3-5-11(6-4-9)16-13(20)10(2)21-15-19-18-14(22-15)17-12-7-8-12/h3-6,10,12H,7-8H2,1-2H3,(H,16,20)(H,17,18)/t10-/m1/s1. The molecule has 0 spiro atoms. The predicted molar refractivity (Wildman–Crippen MR) is 91.7 cm³/mol. The van der Waals surface area contributed by atoms with Crippen molar-refractivity contribution < 1.29 is 4.79 Å². The topological polar surface area (TPSA) is 66.9 Å². The van der Waals surface area contributed by atoms with Gasteiger partial charge < -0.3 is 10.6 Å². The molecule has 0 unspecified atom stereocenters. The third-order valence-electron chi connectivity index (χ3n) is 3.28. The zero-order valence-electron chi connectivity index (χ0n) is 12.5. The third kappa shape index (κ3) is 4.20. The molecule has 1 aliphatic carbocycles. The van der Waals surface area contributed by atoms with E-state index in [0.29, 0.717) is 6.04 Å². The fourth-order valence-corrected chi connectivity index (χ4v) is 3.78. The second kappa shape index (κ2) is 6.66. The van der Waals surface area contributed by atoms with Crippen LogP contribution in [0.4, 0.5) is 10.8 Å². The lowest BCUT2D eigenvalue weighted by atomic mass is 10.2. The van der Waals surface area contributed by atoms with Crippen LogP contribution in [-0.2, 0) is 4.79 Å². The van der Waals surface area contributed by atoms with Gasteiger partial charge in [0.2, 0.25) is 11.0 Å². The summed E-state index contributed by atoms with van der Waals surface area (Å²) in [6, 6.07) is 8.34. The van der Waals surface area contributed by atoms with Crippen LogP contribution in [0, 0.1) is 6.92 Å². The number of aromatic nitrogens is 2. The van der Waals surface area contributed by atoms with Crippen LogP contribution in [0.1, 0.15) is 25.3 Å². The summed E-state index contributed by atoms with van der Waals surface area (Å²) in [5, 5.41) is 15.1. The number of thioether (sulfide) groups is 1. The maximum atomic E-state index is 12.2. The molecule has 2 N–H and O–H groups in total. The van der Waals surface area contributed by atoms with Gasteiger partial charge in [-0.3, -0.25) is 4.79 Å². The number of nitrogens with zero attached hydrogens (tertiary/aromatic N) is 2. The lowest BCUT2D eigenvalue weighted by molar-refractivity contribution is -0.115. The van der Waals surface area contributed by atoms with E-state index in [1.807, 2.05) is 38.1 Å². The molecule has 1 fully saturated rings. The van der Waals surface area contributed by atoms with E-state index in [1.165, 1.54) is 41.5 Å². The lowest BCUT2D eigenvalue weighted by Crippen LogP contribution is -2.22. The fraction of sp³-hybridized carbons (Fsp3) is 0.400. The van der Waals surface area contributed by atoms with Gasteiger partial charge in [-0.25, -0.2) is 0 Å². The van der Waals surface area contributed by atoms with E-state index >= 15 is 0 Å². The minimum Gasteiger partial charge on any atom is -0.357 e. The molecule has 1 amide bonds. The highest BCUT2D eigenvalue weighted by atomic mass is 32.2. The highest BCUT2D eigenvalue weighted by Crippen LogP contribution is 2.32. The number of amides is 1. The van der Waals surface area contributed by atoms with Crippen LogP contribution < -0.4 is 10.6 Å². The predicted octanol–water partition coefficient (Wildman–Crippen LogP) is 3.54. The molecule has 0 radical (unpaired) electrons. The Labute approximate surface area is 137 Å². The van der Waals surface area contributed by atoms with Gasteiger partial charge >= 0.3 is 0 Å². The highest BCUT2D eigenvalue weighted by molar-refractivity contribution is 8.02. The Hall–Kier alpha value is -1.60. The van der Waals surface area contributed by atoms with E-state index < -0.39 is 0 Å². The first-order chi connectivity index (χ1) is 10.6. The van der Waals surface area contributed by atoms with Gasteiger partial charge in [0.05, 0.1) is 5.25 Å². The van der Waals surface area contributed by atoms with Crippen molar-refractivity contribution in [2.45, 2.75) is 42.3 Å². The molecular weight excluding hydrogens is 316 g/mol. The van der Waals surface area contributed by atoms with Crippen molar-refractivity contribution in [1.82, 2.24) is 10.2 Å². The molecule has 0 aliphatic heterocycles. The van der Waals surface area contributed by atoms with Crippen molar-refractivity contribution in [3.63, 3.8) is 0 Å². The molecule has 22 heavy (non-hydrogen) atoms. The van der Waals surface area contributed by atoms with Gasteiger partial charge in [0.15, 0.2) is 4.34 Å². The molecule has 1 aromatic carbocycles. The number of nitrogens with one attached hydrogen (secondary N) is 2.